The van der Waals surface area contributed by atoms with Crippen molar-refractivity contribution in [2.24, 2.45) is 5.73 Å². The van der Waals surface area contributed by atoms with E-state index >= 15 is 0 Å². The zero-order chi connectivity index (χ0) is 15.6. The SMILES string of the molecule is Cc1cc(C)c(C(N)c2ccc(OC(F)F)cc2)c(F)c1. The molecule has 5 heteroatoms. The molecule has 0 amide bonds. The van der Waals surface area contributed by atoms with E-state index in [4.69, 9.17) is 5.73 Å². The average molecular weight is 295 g/mol. The van der Waals surface area contributed by atoms with Gasteiger partial charge in [0.2, 0.25) is 0 Å². The molecule has 21 heavy (non-hydrogen) atoms. The molecule has 0 bridgehead atoms. The fourth-order valence-electron chi connectivity index (χ4n) is 2.34. The van der Waals surface area contributed by atoms with Crippen LogP contribution in [0.5, 0.6) is 5.75 Å². The quantitative estimate of drug-likeness (QED) is 0.922. The van der Waals surface area contributed by atoms with Gasteiger partial charge >= 0.3 is 6.61 Å². The van der Waals surface area contributed by atoms with Crippen LogP contribution in [0.15, 0.2) is 36.4 Å². The van der Waals surface area contributed by atoms with Gasteiger partial charge in [-0.1, -0.05) is 18.2 Å². The van der Waals surface area contributed by atoms with E-state index in [2.05, 4.69) is 4.74 Å². The Morgan fingerprint density at radius 3 is 2.19 bits per heavy atom. The van der Waals surface area contributed by atoms with Crippen LogP contribution >= 0.6 is 0 Å². The molecule has 0 aliphatic rings. The maximum absolute atomic E-state index is 14.1. The molecule has 2 nitrogen and oxygen atoms in total. The Balaban J connectivity index is 2.30. The van der Waals surface area contributed by atoms with Gasteiger partial charge in [-0.3, -0.25) is 0 Å². The molecule has 0 aliphatic carbocycles. The lowest BCUT2D eigenvalue weighted by molar-refractivity contribution is -0.0498. The van der Waals surface area contributed by atoms with Gasteiger partial charge in [-0.05, 0) is 48.7 Å². The topological polar surface area (TPSA) is 35.2 Å². The second kappa shape index (κ2) is 6.18. The molecular weight excluding hydrogens is 279 g/mol. The normalized spacial score (nSPS) is 12.5. The van der Waals surface area contributed by atoms with Crippen molar-refractivity contribution in [2.75, 3.05) is 0 Å². The Morgan fingerprint density at radius 1 is 1.05 bits per heavy atom. The lowest BCUT2D eigenvalue weighted by atomic mass is 9.94. The molecule has 0 spiro atoms. The van der Waals surface area contributed by atoms with Gasteiger partial charge in [0.1, 0.15) is 11.6 Å². The molecule has 2 aromatic rings. The van der Waals surface area contributed by atoms with Crippen LogP contribution in [0.1, 0.15) is 28.3 Å². The summed E-state index contributed by atoms with van der Waals surface area (Å²) in [7, 11) is 0. The third-order valence-electron chi connectivity index (χ3n) is 3.26. The number of hydrogen-bond acceptors (Lipinski definition) is 2. The number of hydrogen-bond donors (Lipinski definition) is 1. The molecule has 0 radical (unpaired) electrons. The summed E-state index contributed by atoms with van der Waals surface area (Å²) in [5.74, 6) is -0.324. The second-order valence-corrected chi connectivity index (χ2v) is 4.90. The van der Waals surface area contributed by atoms with Crippen LogP contribution < -0.4 is 10.5 Å². The van der Waals surface area contributed by atoms with Crippen molar-refractivity contribution < 1.29 is 17.9 Å². The molecule has 0 heterocycles. The summed E-state index contributed by atoms with van der Waals surface area (Å²) in [4.78, 5) is 0. The van der Waals surface area contributed by atoms with Gasteiger partial charge in [-0.15, -0.1) is 0 Å². The van der Waals surface area contributed by atoms with Gasteiger partial charge in [0, 0.05) is 5.56 Å². The van der Waals surface area contributed by atoms with Crippen LogP contribution in [-0.2, 0) is 0 Å². The first-order valence-corrected chi connectivity index (χ1v) is 6.45. The molecule has 112 valence electrons. The smallest absolute Gasteiger partial charge is 0.387 e. The Hall–Kier alpha value is -2.01. The van der Waals surface area contributed by atoms with E-state index in [0.29, 0.717) is 11.1 Å². The Kier molecular flexibility index (Phi) is 4.53. The average Bonchev–Trinajstić information content (AvgIpc) is 2.37. The summed E-state index contributed by atoms with van der Waals surface area (Å²) in [5, 5.41) is 0. The standard InChI is InChI=1S/C16H16F3NO/c1-9-7-10(2)14(13(17)8-9)15(20)11-3-5-12(6-4-11)21-16(18)19/h3-8,15-16H,20H2,1-2H3. The summed E-state index contributed by atoms with van der Waals surface area (Å²) in [6.07, 6.45) is 0. The summed E-state index contributed by atoms with van der Waals surface area (Å²) < 4.78 is 42.5. The minimum absolute atomic E-state index is 0.0436. The molecule has 2 N–H and O–H groups in total. The molecule has 0 saturated heterocycles. The van der Waals surface area contributed by atoms with Gasteiger partial charge in [-0.25, -0.2) is 4.39 Å². The van der Waals surface area contributed by atoms with Crippen LogP contribution in [0.4, 0.5) is 13.2 Å². The third kappa shape index (κ3) is 3.55. The zero-order valence-corrected chi connectivity index (χ0v) is 11.7. The molecule has 2 aromatic carbocycles. The highest BCUT2D eigenvalue weighted by molar-refractivity contribution is 5.41. The minimum atomic E-state index is -2.87. The number of halogens is 3. The predicted octanol–water partition coefficient (Wildman–Crippen LogP) is 4.09. The van der Waals surface area contributed by atoms with Crippen LogP contribution in [-0.4, -0.2) is 6.61 Å². The van der Waals surface area contributed by atoms with Gasteiger partial charge in [-0.2, -0.15) is 8.78 Å². The van der Waals surface area contributed by atoms with Crippen molar-refractivity contribution in [1.82, 2.24) is 0 Å². The number of ether oxygens (including phenoxy) is 1. The number of nitrogens with two attached hydrogens (primary N) is 1. The van der Waals surface area contributed by atoms with E-state index in [0.717, 1.165) is 11.1 Å². The van der Waals surface area contributed by atoms with E-state index in [1.54, 1.807) is 19.1 Å². The van der Waals surface area contributed by atoms with Gasteiger partial charge in [0.25, 0.3) is 0 Å². The Bertz CT molecular complexity index is 603. The Morgan fingerprint density at radius 2 is 1.67 bits per heavy atom. The molecule has 0 aromatic heterocycles. The highest BCUT2D eigenvalue weighted by Crippen LogP contribution is 2.27. The van der Waals surface area contributed by atoms with E-state index in [1.165, 1.54) is 18.2 Å². The first-order valence-electron chi connectivity index (χ1n) is 6.45. The van der Waals surface area contributed by atoms with Crippen LogP contribution in [0.2, 0.25) is 0 Å². The monoisotopic (exact) mass is 295 g/mol. The molecule has 0 aliphatic heterocycles. The van der Waals surface area contributed by atoms with Crippen molar-refractivity contribution in [2.45, 2.75) is 26.5 Å². The lowest BCUT2D eigenvalue weighted by Crippen LogP contribution is -2.15. The second-order valence-electron chi connectivity index (χ2n) is 4.90. The number of rotatable bonds is 4. The largest absolute Gasteiger partial charge is 0.435 e. The summed E-state index contributed by atoms with van der Waals surface area (Å²) >= 11 is 0. The fourth-order valence-corrected chi connectivity index (χ4v) is 2.34. The highest BCUT2D eigenvalue weighted by Gasteiger charge is 2.17. The number of alkyl halides is 2. The van der Waals surface area contributed by atoms with Crippen molar-refractivity contribution in [3.8, 4) is 5.75 Å². The van der Waals surface area contributed by atoms with Crippen molar-refractivity contribution in [3.05, 3.63) is 64.5 Å². The van der Waals surface area contributed by atoms with E-state index in [-0.39, 0.29) is 11.6 Å². The first kappa shape index (κ1) is 15.4. The van der Waals surface area contributed by atoms with Gasteiger partial charge in [0.05, 0.1) is 6.04 Å². The minimum Gasteiger partial charge on any atom is -0.435 e. The number of benzene rings is 2. The molecule has 1 atom stereocenters. The predicted molar refractivity (Wildman–Crippen MR) is 75.0 cm³/mol. The molecule has 0 saturated carbocycles. The lowest BCUT2D eigenvalue weighted by Gasteiger charge is -2.17. The molecule has 0 fully saturated rings. The van der Waals surface area contributed by atoms with Gasteiger partial charge in [0.15, 0.2) is 0 Å². The summed E-state index contributed by atoms with van der Waals surface area (Å²) in [6.45, 7) is 0.725. The van der Waals surface area contributed by atoms with Crippen molar-refractivity contribution in [3.63, 3.8) is 0 Å². The Labute approximate surface area is 121 Å². The first-order chi connectivity index (χ1) is 9.88. The third-order valence-corrected chi connectivity index (χ3v) is 3.26. The zero-order valence-electron chi connectivity index (χ0n) is 11.7. The highest BCUT2D eigenvalue weighted by atomic mass is 19.3. The number of aryl methyl sites for hydroxylation is 2. The molecular formula is C16H16F3NO. The summed E-state index contributed by atoms with van der Waals surface area (Å²) in [5.41, 5.74) is 8.70. The van der Waals surface area contributed by atoms with E-state index in [9.17, 15) is 13.2 Å². The van der Waals surface area contributed by atoms with E-state index < -0.39 is 12.7 Å². The van der Waals surface area contributed by atoms with Crippen molar-refractivity contribution >= 4 is 0 Å². The molecule has 1 unspecified atom stereocenters. The maximum atomic E-state index is 14.1. The van der Waals surface area contributed by atoms with E-state index in [1.807, 2.05) is 13.0 Å². The maximum Gasteiger partial charge on any atom is 0.387 e. The van der Waals surface area contributed by atoms with Gasteiger partial charge < -0.3 is 10.5 Å². The summed E-state index contributed by atoms with van der Waals surface area (Å²) in [6, 6.07) is 8.52. The van der Waals surface area contributed by atoms with Crippen LogP contribution in [0.3, 0.4) is 0 Å². The van der Waals surface area contributed by atoms with Crippen LogP contribution in [0.25, 0.3) is 0 Å². The molecule has 2 rings (SSSR count). The fraction of sp³-hybridized carbons (Fsp3) is 0.250. The van der Waals surface area contributed by atoms with Crippen LogP contribution in [0, 0.1) is 19.7 Å². The van der Waals surface area contributed by atoms with Crippen molar-refractivity contribution in [1.29, 1.82) is 0 Å².